The SMILES string of the molecule is CCNCC1CCN(S(=O)(=O)N(CCC(C)C)CCC(C)C)CC1. The zero-order chi connectivity index (χ0) is 18.2. The molecule has 0 saturated carbocycles. The lowest BCUT2D eigenvalue weighted by Crippen LogP contribution is -2.48. The third kappa shape index (κ3) is 7.38. The van der Waals surface area contributed by atoms with Crippen molar-refractivity contribution in [1.82, 2.24) is 13.9 Å². The fourth-order valence-corrected chi connectivity index (χ4v) is 4.67. The highest BCUT2D eigenvalue weighted by Gasteiger charge is 2.32. The Kier molecular flexibility index (Phi) is 9.79. The molecule has 0 aromatic heterocycles. The zero-order valence-corrected chi connectivity index (χ0v) is 17.2. The molecule has 0 spiro atoms. The van der Waals surface area contributed by atoms with E-state index in [1.165, 1.54) is 0 Å². The molecule has 24 heavy (non-hydrogen) atoms. The summed E-state index contributed by atoms with van der Waals surface area (Å²) in [5.74, 6) is 1.65. The first-order valence-electron chi connectivity index (χ1n) is 9.73. The van der Waals surface area contributed by atoms with Gasteiger partial charge in [0.15, 0.2) is 0 Å². The van der Waals surface area contributed by atoms with E-state index in [-0.39, 0.29) is 0 Å². The Hall–Kier alpha value is -0.170. The molecular formula is C18H39N3O2S. The lowest BCUT2D eigenvalue weighted by molar-refractivity contribution is 0.245. The van der Waals surface area contributed by atoms with Gasteiger partial charge in [0.05, 0.1) is 0 Å². The predicted molar refractivity (Wildman–Crippen MR) is 102 cm³/mol. The van der Waals surface area contributed by atoms with Crippen LogP contribution in [0.1, 0.15) is 60.3 Å². The molecule has 1 rings (SSSR count). The maximum Gasteiger partial charge on any atom is 0.281 e. The van der Waals surface area contributed by atoms with E-state index >= 15 is 0 Å². The predicted octanol–water partition coefficient (Wildman–Crippen LogP) is 2.95. The van der Waals surface area contributed by atoms with Gasteiger partial charge in [-0.1, -0.05) is 34.6 Å². The molecule has 0 unspecified atom stereocenters. The van der Waals surface area contributed by atoms with Crippen LogP contribution in [0.25, 0.3) is 0 Å². The third-order valence-corrected chi connectivity index (χ3v) is 6.86. The van der Waals surface area contributed by atoms with Crippen LogP contribution in [0.2, 0.25) is 0 Å². The van der Waals surface area contributed by atoms with Crippen molar-refractivity contribution < 1.29 is 8.42 Å². The van der Waals surface area contributed by atoms with Gasteiger partial charge in [0.25, 0.3) is 10.2 Å². The normalized spacial score (nSPS) is 18.2. The van der Waals surface area contributed by atoms with Gasteiger partial charge in [0, 0.05) is 26.2 Å². The van der Waals surface area contributed by atoms with Crippen LogP contribution in [-0.4, -0.2) is 56.3 Å². The summed E-state index contributed by atoms with van der Waals surface area (Å²) in [4.78, 5) is 0. The Labute approximate surface area is 150 Å². The second-order valence-electron chi connectivity index (χ2n) is 7.92. The summed E-state index contributed by atoms with van der Waals surface area (Å²) < 4.78 is 29.6. The van der Waals surface area contributed by atoms with Crippen LogP contribution in [0.15, 0.2) is 0 Å². The fraction of sp³-hybridized carbons (Fsp3) is 1.00. The van der Waals surface area contributed by atoms with Gasteiger partial charge in [-0.25, -0.2) is 0 Å². The Morgan fingerprint density at radius 1 is 1.04 bits per heavy atom. The van der Waals surface area contributed by atoms with E-state index in [0.29, 0.717) is 43.9 Å². The Morgan fingerprint density at radius 3 is 1.96 bits per heavy atom. The highest BCUT2D eigenvalue weighted by molar-refractivity contribution is 7.86. The van der Waals surface area contributed by atoms with Crippen LogP contribution in [0.5, 0.6) is 0 Å². The van der Waals surface area contributed by atoms with Crippen LogP contribution >= 0.6 is 0 Å². The first-order valence-corrected chi connectivity index (χ1v) is 11.1. The van der Waals surface area contributed by atoms with Gasteiger partial charge >= 0.3 is 0 Å². The molecule has 0 bridgehead atoms. The topological polar surface area (TPSA) is 52.7 Å². The fourth-order valence-electron chi connectivity index (χ4n) is 3.00. The van der Waals surface area contributed by atoms with E-state index in [4.69, 9.17) is 0 Å². The van der Waals surface area contributed by atoms with Crippen LogP contribution in [0, 0.1) is 17.8 Å². The van der Waals surface area contributed by atoms with Crippen molar-refractivity contribution in [3.63, 3.8) is 0 Å². The molecule has 0 aliphatic carbocycles. The number of rotatable bonds is 11. The van der Waals surface area contributed by atoms with E-state index in [9.17, 15) is 8.42 Å². The highest BCUT2D eigenvalue weighted by atomic mass is 32.2. The van der Waals surface area contributed by atoms with E-state index < -0.39 is 10.2 Å². The standard InChI is InChI=1S/C18H39N3O2S/c1-6-19-15-18-9-13-21(14-10-18)24(22,23)20(11-7-16(2)3)12-8-17(4)5/h16-19H,6-15H2,1-5H3. The Bertz CT molecular complexity index is 418. The smallest absolute Gasteiger partial charge is 0.281 e. The minimum absolute atomic E-state index is 0.521. The first kappa shape index (κ1) is 21.9. The summed E-state index contributed by atoms with van der Waals surface area (Å²) in [5, 5.41) is 3.38. The summed E-state index contributed by atoms with van der Waals surface area (Å²) in [6.07, 6.45) is 3.78. The lowest BCUT2D eigenvalue weighted by atomic mass is 9.98. The Morgan fingerprint density at radius 2 is 1.54 bits per heavy atom. The molecule has 6 heteroatoms. The molecule has 1 N–H and O–H groups in total. The number of piperidine rings is 1. The molecule has 0 atom stereocenters. The van der Waals surface area contributed by atoms with Crippen molar-refractivity contribution >= 4 is 10.2 Å². The first-order chi connectivity index (χ1) is 11.3. The summed E-state index contributed by atoms with van der Waals surface area (Å²) in [6.45, 7) is 15.3. The van der Waals surface area contributed by atoms with Gasteiger partial charge in [-0.3, -0.25) is 0 Å². The molecule has 0 radical (unpaired) electrons. The summed E-state index contributed by atoms with van der Waals surface area (Å²) >= 11 is 0. The minimum atomic E-state index is -3.31. The van der Waals surface area contributed by atoms with E-state index in [1.54, 1.807) is 8.61 Å². The average Bonchev–Trinajstić information content (AvgIpc) is 2.52. The van der Waals surface area contributed by atoms with E-state index in [0.717, 1.165) is 38.8 Å². The van der Waals surface area contributed by atoms with Gasteiger partial charge in [-0.2, -0.15) is 17.0 Å². The van der Waals surface area contributed by atoms with Crippen molar-refractivity contribution in [2.75, 3.05) is 39.3 Å². The second-order valence-corrected chi connectivity index (χ2v) is 9.85. The summed E-state index contributed by atoms with van der Waals surface area (Å²) in [5.41, 5.74) is 0. The summed E-state index contributed by atoms with van der Waals surface area (Å²) in [6, 6.07) is 0. The molecule has 0 aromatic rings. The quantitative estimate of drug-likeness (QED) is 0.615. The number of hydrogen-bond donors (Lipinski definition) is 1. The summed E-state index contributed by atoms with van der Waals surface area (Å²) in [7, 11) is -3.31. The maximum absolute atomic E-state index is 13.1. The number of hydrogen-bond acceptors (Lipinski definition) is 3. The van der Waals surface area contributed by atoms with Crippen molar-refractivity contribution in [3.05, 3.63) is 0 Å². The van der Waals surface area contributed by atoms with Crippen LogP contribution < -0.4 is 5.32 Å². The van der Waals surface area contributed by atoms with Gasteiger partial charge in [0.2, 0.25) is 0 Å². The molecule has 1 saturated heterocycles. The van der Waals surface area contributed by atoms with Crippen molar-refractivity contribution in [1.29, 1.82) is 0 Å². The van der Waals surface area contributed by atoms with Gasteiger partial charge in [0.1, 0.15) is 0 Å². The molecule has 144 valence electrons. The zero-order valence-electron chi connectivity index (χ0n) is 16.4. The molecule has 1 fully saturated rings. The van der Waals surface area contributed by atoms with Crippen LogP contribution in [0.4, 0.5) is 0 Å². The highest BCUT2D eigenvalue weighted by Crippen LogP contribution is 2.22. The molecule has 1 heterocycles. The Balaban J connectivity index is 2.65. The van der Waals surface area contributed by atoms with Crippen molar-refractivity contribution in [2.45, 2.75) is 60.3 Å². The van der Waals surface area contributed by atoms with E-state index in [2.05, 4.69) is 39.9 Å². The largest absolute Gasteiger partial charge is 0.317 e. The average molecular weight is 362 g/mol. The molecule has 1 aliphatic heterocycles. The van der Waals surface area contributed by atoms with Crippen LogP contribution in [-0.2, 0) is 10.2 Å². The molecule has 5 nitrogen and oxygen atoms in total. The molecule has 1 aliphatic rings. The second kappa shape index (κ2) is 10.7. The maximum atomic E-state index is 13.1. The van der Waals surface area contributed by atoms with Crippen LogP contribution in [0.3, 0.4) is 0 Å². The third-order valence-electron chi connectivity index (χ3n) is 4.82. The molecule has 0 amide bonds. The van der Waals surface area contributed by atoms with E-state index in [1.807, 2.05) is 0 Å². The van der Waals surface area contributed by atoms with Crippen molar-refractivity contribution in [2.24, 2.45) is 17.8 Å². The monoisotopic (exact) mass is 361 g/mol. The van der Waals surface area contributed by atoms with Gasteiger partial charge < -0.3 is 5.32 Å². The molecular weight excluding hydrogens is 322 g/mol. The minimum Gasteiger partial charge on any atom is -0.317 e. The van der Waals surface area contributed by atoms with Gasteiger partial charge in [-0.15, -0.1) is 0 Å². The van der Waals surface area contributed by atoms with Gasteiger partial charge in [-0.05, 0) is 56.5 Å². The van der Waals surface area contributed by atoms with Crippen molar-refractivity contribution in [3.8, 4) is 0 Å². The number of nitrogens with one attached hydrogen (secondary N) is 1. The molecule has 0 aromatic carbocycles. The number of nitrogens with zero attached hydrogens (tertiary/aromatic N) is 2. The lowest BCUT2D eigenvalue weighted by Gasteiger charge is -2.35.